The third kappa shape index (κ3) is 2.98. The zero-order valence-corrected chi connectivity index (χ0v) is 13.5. The first-order valence-electron chi connectivity index (χ1n) is 7.81. The molecule has 1 amide bonds. The molecule has 0 aliphatic carbocycles. The highest BCUT2D eigenvalue weighted by Crippen LogP contribution is 2.35. The SMILES string of the molecule is CCC[C@@]1(CO)CN(C(=O)c2c(C)ncnc2C)CC[C@H]1O. The van der Waals surface area contributed by atoms with Crippen molar-refractivity contribution in [3.63, 3.8) is 0 Å². The zero-order valence-electron chi connectivity index (χ0n) is 13.5. The Morgan fingerprint density at radius 2 is 2.05 bits per heavy atom. The van der Waals surface area contributed by atoms with E-state index in [1.54, 1.807) is 18.7 Å². The molecule has 1 fully saturated rings. The van der Waals surface area contributed by atoms with Crippen LogP contribution in [0.1, 0.15) is 47.9 Å². The molecule has 0 spiro atoms. The summed E-state index contributed by atoms with van der Waals surface area (Å²) >= 11 is 0. The predicted octanol–water partition coefficient (Wildman–Crippen LogP) is 1.08. The van der Waals surface area contributed by atoms with Crippen LogP contribution in [0.4, 0.5) is 0 Å². The Morgan fingerprint density at radius 1 is 1.41 bits per heavy atom. The Balaban J connectivity index is 2.28. The standard InChI is InChI=1S/C16H25N3O3/c1-4-6-16(9-20)8-19(7-5-13(16)21)15(22)14-11(2)17-10-18-12(14)3/h10,13,20-21H,4-9H2,1-3H3/t13-,16+/m1/s1. The molecule has 0 aromatic carbocycles. The van der Waals surface area contributed by atoms with Crippen molar-refractivity contribution in [1.82, 2.24) is 14.9 Å². The van der Waals surface area contributed by atoms with E-state index in [1.807, 2.05) is 6.92 Å². The van der Waals surface area contributed by atoms with Crippen LogP contribution in [0.25, 0.3) is 0 Å². The first-order chi connectivity index (χ1) is 10.4. The smallest absolute Gasteiger partial charge is 0.257 e. The van der Waals surface area contributed by atoms with Gasteiger partial charge in [-0.25, -0.2) is 9.97 Å². The average Bonchev–Trinajstić information content (AvgIpc) is 2.49. The monoisotopic (exact) mass is 307 g/mol. The molecule has 22 heavy (non-hydrogen) atoms. The summed E-state index contributed by atoms with van der Waals surface area (Å²) in [6.07, 6.45) is 2.91. The number of aromatic nitrogens is 2. The van der Waals surface area contributed by atoms with E-state index in [9.17, 15) is 15.0 Å². The van der Waals surface area contributed by atoms with Crippen LogP contribution in [0.5, 0.6) is 0 Å². The van der Waals surface area contributed by atoms with E-state index in [2.05, 4.69) is 9.97 Å². The number of hydrogen-bond acceptors (Lipinski definition) is 5. The van der Waals surface area contributed by atoms with E-state index in [-0.39, 0.29) is 12.5 Å². The van der Waals surface area contributed by atoms with Gasteiger partial charge in [0.2, 0.25) is 0 Å². The molecule has 1 aromatic heterocycles. The molecule has 2 atom stereocenters. The minimum Gasteiger partial charge on any atom is -0.396 e. The van der Waals surface area contributed by atoms with Crippen molar-refractivity contribution in [2.75, 3.05) is 19.7 Å². The maximum absolute atomic E-state index is 12.8. The fourth-order valence-corrected chi connectivity index (χ4v) is 3.36. The predicted molar refractivity (Wildman–Crippen MR) is 82.5 cm³/mol. The topological polar surface area (TPSA) is 86.5 Å². The first kappa shape index (κ1) is 16.8. The number of amides is 1. The largest absolute Gasteiger partial charge is 0.396 e. The Labute approximate surface area is 131 Å². The second kappa shape index (κ2) is 6.71. The Hall–Kier alpha value is -1.53. The quantitative estimate of drug-likeness (QED) is 0.869. The molecule has 6 nitrogen and oxygen atoms in total. The van der Waals surface area contributed by atoms with Crippen molar-refractivity contribution in [3.05, 3.63) is 23.3 Å². The minimum absolute atomic E-state index is 0.114. The fraction of sp³-hybridized carbons (Fsp3) is 0.688. The Kier molecular flexibility index (Phi) is 5.13. The molecular weight excluding hydrogens is 282 g/mol. The zero-order chi connectivity index (χ0) is 16.3. The van der Waals surface area contributed by atoms with Gasteiger partial charge in [-0.05, 0) is 26.7 Å². The molecule has 2 heterocycles. The van der Waals surface area contributed by atoms with E-state index >= 15 is 0 Å². The number of aryl methyl sites for hydroxylation is 2. The lowest BCUT2D eigenvalue weighted by Gasteiger charge is -2.45. The van der Waals surface area contributed by atoms with Gasteiger partial charge in [-0.1, -0.05) is 13.3 Å². The summed E-state index contributed by atoms with van der Waals surface area (Å²) < 4.78 is 0. The molecule has 1 aliphatic heterocycles. The highest BCUT2D eigenvalue weighted by atomic mass is 16.3. The van der Waals surface area contributed by atoms with Gasteiger partial charge in [-0.2, -0.15) is 0 Å². The van der Waals surface area contributed by atoms with Crippen LogP contribution in [0.3, 0.4) is 0 Å². The van der Waals surface area contributed by atoms with Gasteiger partial charge in [0.25, 0.3) is 5.91 Å². The van der Waals surface area contributed by atoms with Crippen LogP contribution in [0, 0.1) is 19.3 Å². The van der Waals surface area contributed by atoms with Crippen LogP contribution in [-0.2, 0) is 0 Å². The molecule has 1 aliphatic rings. The molecule has 0 saturated carbocycles. The molecule has 122 valence electrons. The number of rotatable bonds is 4. The van der Waals surface area contributed by atoms with Gasteiger partial charge in [0, 0.05) is 18.5 Å². The van der Waals surface area contributed by atoms with Gasteiger partial charge in [0.05, 0.1) is 29.7 Å². The van der Waals surface area contributed by atoms with E-state index in [1.165, 1.54) is 6.33 Å². The number of likely N-dealkylation sites (tertiary alicyclic amines) is 1. The Morgan fingerprint density at radius 3 is 2.59 bits per heavy atom. The third-order valence-electron chi connectivity index (χ3n) is 4.68. The molecule has 6 heteroatoms. The van der Waals surface area contributed by atoms with Crippen LogP contribution in [0.2, 0.25) is 0 Å². The number of carbonyl (C=O) groups excluding carboxylic acids is 1. The van der Waals surface area contributed by atoms with Crippen molar-refractivity contribution in [3.8, 4) is 0 Å². The molecule has 2 N–H and O–H groups in total. The maximum Gasteiger partial charge on any atom is 0.257 e. The summed E-state index contributed by atoms with van der Waals surface area (Å²) in [4.78, 5) is 22.8. The highest BCUT2D eigenvalue weighted by Gasteiger charge is 2.43. The summed E-state index contributed by atoms with van der Waals surface area (Å²) in [5.41, 5.74) is 1.23. The summed E-state index contributed by atoms with van der Waals surface area (Å²) in [6.45, 7) is 6.35. The molecule has 0 radical (unpaired) electrons. The van der Waals surface area contributed by atoms with Gasteiger partial charge in [0.1, 0.15) is 6.33 Å². The van der Waals surface area contributed by atoms with Gasteiger partial charge in [-0.15, -0.1) is 0 Å². The number of piperidine rings is 1. The second-order valence-electron chi connectivity index (χ2n) is 6.22. The summed E-state index contributed by atoms with van der Waals surface area (Å²) in [7, 11) is 0. The Bertz CT molecular complexity index is 529. The number of nitrogens with zero attached hydrogens (tertiary/aromatic N) is 3. The molecule has 0 unspecified atom stereocenters. The lowest BCUT2D eigenvalue weighted by Crippen LogP contribution is -2.55. The molecule has 2 rings (SSSR count). The highest BCUT2D eigenvalue weighted by molar-refractivity contribution is 5.96. The van der Waals surface area contributed by atoms with Crippen LogP contribution in [0.15, 0.2) is 6.33 Å². The fourth-order valence-electron chi connectivity index (χ4n) is 3.36. The van der Waals surface area contributed by atoms with Crippen LogP contribution >= 0.6 is 0 Å². The third-order valence-corrected chi connectivity index (χ3v) is 4.68. The van der Waals surface area contributed by atoms with E-state index in [4.69, 9.17) is 0 Å². The molecular formula is C16H25N3O3. The summed E-state index contributed by atoms with van der Waals surface area (Å²) in [5, 5.41) is 20.1. The van der Waals surface area contributed by atoms with Crippen molar-refractivity contribution < 1.29 is 15.0 Å². The van der Waals surface area contributed by atoms with Crippen molar-refractivity contribution in [2.45, 2.75) is 46.1 Å². The maximum atomic E-state index is 12.8. The lowest BCUT2D eigenvalue weighted by molar-refractivity contribution is -0.0720. The molecule has 1 saturated heterocycles. The van der Waals surface area contributed by atoms with E-state index in [0.717, 1.165) is 6.42 Å². The minimum atomic E-state index is -0.625. The van der Waals surface area contributed by atoms with Crippen LogP contribution in [-0.4, -0.2) is 56.8 Å². The van der Waals surface area contributed by atoms with E-state index < -0.39 is 11.5 Å². The van der Waals surface area contributed by atoms with Crippen molar-refractivity contribution in [1.29, 1.82) is 0 Å². The number of aliphatic hydroxyl groups is 2. The number of carbonyl (C=O) groups is 1. The van der Waals surface area contributed by atoms with Gasteiger partial charge in [-0.3, -0.25) is 4.79 Å². The lowest BCUT2D eigenvalue weighted by atomic mass is 9.74. The second-order valence-corrected chi connectivity index (χ2v) is 6.22. The van der Waals surface area contributed by atoms with Crippen molar-refractivity contribution in [2.24, 2.45) is 5.41 Å². The van der Waals surface area contributed by atoms with Crippen LogP contribution < -0.4 is 0 Å². The summed E-state index contributed by atoms with van der Waals surface area (Å²) in [5.74, 6) is -0.114. The number of aliphatic hydroxyl groups excluding tert-OH is 2. The van der Waals surface area contributed by atoms with Gasteiger partial charge < -0.3 is 15.1 Å². The van der Waals surface area contributed by atoms with Gasteiger partial charge in [0.15, 0.2) is 0 Å². The van der Waals surface area contributed by atoms with Gasteiger partial charge >= 0.3 is 0 Å². The van der Waals surface area contributed by atoms with Crippen molar-refractivity contribution >= 4 is 5.91 Å². The average molecular weight is 307 g/mol. The molecule has 1 aromatic rings. The molecule has 0 bridgehead atoms. The number of hydrogen-bond donors (Lipinski definition) is 2. The summed E-state index contributed by atoms with van der Waals surface area (Å²) in [6, 6.07) is 0. The van der Waals surface area contributed by atoms with E-state index in [0.29, 0.717) is 42.9 Å². The first-order valence-corrected chi connectivity index (χ1v) is 7.81. The normalized spacial score (nSPS) is 25.3.